The minimum Gasteiger partial charge on any atom is -0.352 e. The standard InChI is InChI=1S/C13H17BrN2O/c14-11-4-1-3-10(9-11)13(17)16-8-6-12-5-2-7-15-12/h1,3-4,9,12,15H,2,5-8H2,(H,16,17). The third-order valence-electron chi connectivity index (χ3n) is 3.03. The van der Waals surface area contributed by atoms with E-state index in [0.717, 1.165) is 24.0 Å². The molecule has 17 heavy (non-hydrogen) atoms. The van der Waals surface area contributed by atoms with Crippen molar-refractivity contribution in [3.8, 4) is 0 Å². The van der Waals surface area contributed by atoms with Crippen LogP contribution in [0.25, 0.3) is 0 Å². The van der Waals surface area contributed by atoms with Crippen LogP contribution in [0.3, 0.4) is 0 Å². The van der Waals surface area contributed by atoms with Crippen molar-refractivity contribution in [1.29, 1.82) is 0 Å². The Morgan fingerprint density at radius 1 is 1.53 bits per heavy atom. The first-order chi connectivity index (χ1) is 8.25. The van der Waals surface area contributed by atoms with Crippen molar-refractivity contribution in [3.63, 3.8) is 0 Å². The monoisotopic (exact) mass is 296 g/mol. The number of benzene rings is 1. The van der Waals surface area contributed by atoms with Crippen LogP contribution < -0.4 is 10.6 Å². The molecule has 3 nitrogen and oxygen atoms in total. The quantitative estimate of drug-likeness (QED) is 0.895. The Kier molecular flexibility index (Phi) is 4.57. The largest absolute Gasteiger partial charge is 0.352 e. The summed E-state index contributed by atoms with van der Waals surface area (Å²) in [7, 11) is 0. The minimum atomic E-state index is 0.00398. The second-order valence-electron chi connectivity index (χ2n) is 4.35. The first kappa shape index (κ1) is 12.6. The van der Waals surface area contributed by atoms with Crippen LogP contribution in [0.15, 0.2) is 28.7 Å². The topological polar surface area (TPSA) is 41.1 Å². The van der Waals surface area contributed by atoms with E-state index in [1.54, 1.807) is 0 Å². The lowest BCUT2D eigenvalue weighted by molar-refractivity contribution is 0.0952. The zero-order chi connectivity index (χ0) is 12.1. The fraction of sp³-hybridized carbons (Fsp3) is 0.462. The number of rotatable bonds is 4. The SMILES string of the molecule is O=C(NCCC1CCCN1)c1cccc(Br)c1. The van der Waals surface area contributed by atoms with E-state index in [2.05, 4.69) is 26.6 Å². The smallest absolute Gasteiger partial charge is 0.251 e. The molecule has 0 bridgehead atoms. The highest BCUT2D eigenvalue weighted by molar-refractivity contribution is 9.10. The molecule has 4 heteroatoms. The van der Waals surface area contributed by atoms with E-state index in [1.807, 2.05) is 24.3 Å². The molecule has 0 saturated carbocycles. The fourth-order valence-corrected chi connectivity index (χ4v) is 2.49. The van der Waals surface area contributed by atoms with Gasteiger partial charge in [-0.1, -0.05) is 22.0 Å². The summed E-state index contributed by atoms with van der Waals surface area (Å²) in [5, 5.41) is 6.37. The van der Waals surface area contributed by atoms with Gasteiger partial charge in [0, 0.05) is 22.6 Å². The van der Waals surface area contributed by atoms with Crippen LogP contribution >= 0.6 is 15.9 Å². The second kappa shape index (κ2) is 6.17. The molecule has 0 radical (unpaired) electrons. The molecule has 0 spiro atoms. The van der Waals surface area contributed by atoms with E-state index in [-0.39, 0.29) is 5.91 Å². The van der Waals surface area contributed by atoms with Crippen molar-refractivity contribution in [3.05, 3.63) is 34.3 Å². The summed E-state index contributed by atoms with van der Waals surface area (Å²) < 4.78 is 0.933. The van der Waals surface area contributed by atoms with Gasteiger partial charge in [-0.25, -0.2) is 0 Å². The van der Waals surface area contributed by atoms with Crippen molar-refractivity contribution in [2.24, 2.45) is 0 Å². The molecule has 1 atom stereocenters. The zero-order valence-corrected chi connectivity index (χ0v) is 11.3. The Morgan fingerprint density at radius 3 is 3.12 bits per heavy atom. The van der Waals surface area contributed by atoms with Gasteiger partial charge in [-0.2, -0.15) is 0 Å². The molecule has 1 unspecified atom stereocenters. The lowest BCUT2D eigenvalue weighted by Gasteiger charge is -2.10. The molecule has 1 aliphatic heterocycles. The van der Waals surface area contributed by atoms with Gasteiger partial charge in [0.2, 0.25) is 0 Å². The second-order valence-corrected chi connectivity index (χ2v) is 5.26. The Morgan fingerprint density at radius 2 is 2.41 bits per heavy atom. The van der Waals surface area contributed by atoms with Crippen molar-refractivity contribution in [2.45, 2.75) is 25.3 Å². The summed E-state index contributed by atoms with van der Waals surface area (Å²) in [5.74, 6) is 0.00398. The molecule has 0 aliphatic carbocycles. The molecular weight excluding hydrogens is 280 g/mol. The van der Waals surface area contributed by atoms with Crippen LogP contribution in [-0.2, 0) is 0 Å². The molecule has 1 saturated heterocycles. The number of nitrogens with one attached hydrogen (secondary N) is 2. The zero-order valence-electron chi connectivity index (χ0n) is 9.71. The van der Waals surface area contributed by atoms with E-state index in [4.69, 9.17) is 0 Å². The fourth-order valence-electron chi connectivity index (χ4n) is 2.09. The number of carbonyl (C=O) groups is 1. The van der Waals surface area contributed by atoms with E-state index in [9.17, 15) is 4.79 Å². The highest BCUT2D eigenvalue weighted by Gasteiger charge is 2.13. The van der Waals surface area contributed by atoms with Gasteiger partial charge in [0.1, 0.15) is 0 Å². The predicted molar refractivity (Wildman–Crippen MR) is 72.1 cm³/mol. The molecule has 1 aliphatic rings. The van der Waals surface area contributed by atoms with Gasteiger partial charge in [0.25, 0.3) is 5.91 Å². The average Bonchev–Trinajstić information content (AvgIpc) is 2.82. The number of carbonyl (C=O) groups excluding carboxylic acids is 1. The van der Waals surface area contributed by atoms with Crippen LogP contribution in [0.1, 0.15) is 29.6 Å². The van der Waals surface area contributed by atoms with Gasteiger partial charge in [-0.05, 0) is 44.0 Å². The van der Waals surface area contributed by atoms with Crippen LogP contribution in [0.5, 0.6) is 0 Å². The summed E-state index contributed by atoms with van der Waals surface area (Å²) in [6, 6.07) is 8.03. The van der Waals surface area contributed by atoms with Crippen molar-refractivity contribution < 1.29 is 4.79 Å². The van der Waals surface area contributed by atoms with Gasteiger partial charge in [-0.3, -0.25) is 4.79 Å². The molecule has 2 rings (SSSR count). The summed E-state index contributed by atoms with van der Waals surface area (Å²) in [4.78, 5) is 11.8. The van der Waals surface area contributed by atoms with Crippen molar-refractivity contribution in [1.82, 2.24) is 10.6 Å². The third-order valence-corrected chi connectivity index (χ3v) is 3.52. The van der Waals surface area contributed by atoms with Crippen LogP contribution in [0.4, 0.5) is 0 Å². The molecule has 1 fully saturated rings. The highest BCUT2D eigenvalue weighted by atomic mass is 79.9. The Labute approximate surface area is 110 Å². The number of hydrogen-bond acceptors (Lipinski definition) is 2. The maximum Gasteiger partial charge on any atom is 0.251 e. The molecule has 1 heterocycles. The first-order valence-corrected chi connectivity index (χ1v) is 6.82. The number of hydrogen-bond donors (Lipinski definition) is 2. The number of amides is 1. The van der Waals surface area contributed by atoms with Gasteiger partial charge in [-0.15, -0.1) is 0 Å². The van der Waals surface area contributed by atoms with Gasteiger partial charge in [0.05, 0.1) is 0 Å². The minimum absolute atomic E-state index is 0.00398. The van der Waals surface area contributed by atoms with Crippen LogP contribution in [-0.4, -0.2) is 25.0 Å². The molecular formula is C13H17BrN2O. The third kappa shape index (κ3) is 3.82. The van der Waals surface area contributed by atoms with E-state index in [1.165, 1.54) is 12.8 Å². The van der Waals surface area contributed by atoms with Crippen LogP contribution in [0.2, 0.25) is 0 Å². The average molecular weight is 297 g/mol. The molecule has 1 amide bonds. The van der Waals surface area contributed by atoms with E-state index in [0.29, 0.717) is 11.6 Å². The van der Waals surface area contributed by atoms with Crippen molar-refractivity contribution >= 4 is 21.8 Å². The Bertz CT molecular complexity index is 389. The molecule has 1 aromatic carbocycles. The molecule has 2 N–H and O–H groups in total. The lowest BCUT2D eigenvalue weighted by Crippen LogP contribution is -2.30. The van der Waals surface area contributed by atoms with Gasteiger partial charge in [0.15, 0.2) is 0 Å². The maximum absolute atomic E-state index is 11.8. The highest BCUT2D eigenvalue weighted by Crippen LogP contribution is 2.12. The lowest BCUT2D eigenvalue weighted by atomic mass is 10.1. The first-order valence-electron chi connectivity index (χ1n) is 6.03. The van der Waals surface area contributed by atoms with E-state index >= 15 is 0 Å². The normalized spacial score (nSPS) is 19.2. The van der Waals surface area contributed by atoms with Gasteiger partial charge < -0.3 is 10.6 Å². The Hall–Kier alpha value is -0.870. The summed E-state index contributed by atoms with van der Waals surface area (Å²) in [6.07, 6.45) is 3.50. The molecule has 1 aromatic rings. The van der Waals surface area contributed by atoms with E-state index < -0.39 is 0 Å². The van der Waals surface area contributed by atoms with Crippen LogP contribution in [0, 0.1) is 0 Å². The summed E-state index contributed by atoms with van der Waals surface area (Å²) in [5.41, 5.74) is 0.707. The maximum atomic E-state index is 11.8. The predicted octanol–water partition coefficient (Wildman–Crippen LogP) is 2.32. The van der Waals surface area contributed by atoms with Crippen molar-refractivity contribution in [2.75, 3.05) is 13.1 Å². The van der Waals surface area contributed by atoms with Gasteiger partial charge >= 0.3 is 0 Å². The number of halogens is 1. The molecule has 0 aromatic heterocycles. The molecule has 92 valence electrons. The Balaban J connectivity index is 1.77. The summed E-state index contributed by atoms with van der Waals surface area (Å²) in [6.45, 7) is 1.85. The summed E-state index contributed by atoms with van der Waals surface area (Å²) >= 11 is 3.36.